The molecule has 2 aromatic carbocycles. The number of benzene rings is 2. The lowest BCUT2D eigenvalue weighted by atomic mass is 10.1. The highest BCUT2D eigenvalue weighted by Crippen LogP contribution is 2.14. The summed E-state index contributed by atoms with van der Waals surface area (Å²) < 4.78 is 5.93. The number of methoxy groups -OCH3 is 1. The fourth-order valence-electron chi connectivity index (χ4n) is 2.77. The molecule has 0 atom stereocenters. The van der Waals surface area contributed by atoms with Crippen molar-refractivity contribution in [2.75, 3.05) is 7.11 Å². The molecule has 1 aromatic heterocycles. The maximum Gasteiger partial charge on any atom is 0.337 e. The largest absolute Gasteiger partial charge is 0.465 e. The fourth-order valence-corrected chi connectivity index (χ4v) is 2.77. The monoisotopic (exact) mass is 392 g/mol. The molecule has 0 unspecified atom stereocenters. The van der Waals surface area contributed by atoms with E-state index in [9.17, 15) is 14.4 Å². The van der Waals surface area contributed by atoms with Crippen LogP contribution in [-0.2, 0) is 4.74 Å². The van der Waals surface area contributed by atoms with Gasteiger partial charge in [-0.25, -0.2) is 14.9 Å². The first-order valence-corrected chi connectivity index (χ1v) is 8.95. The van der Waals surface area contributed by atoms with E-state index in [1.54, 1.807) is 48.5 Å². The van der Waals surface area contributed by atoms with Crippen LogP contribution in [0.1, 0.15) is 46.3 Å². The van der Waals surface area contributed by atoms with Crippen LogP contribution in [0.2, 0.25) is 0 Å². The molecule has 0 aliphatic rings. The Bertz CT molecular complexity index is 1150. The summed E-state index contributed by atoms with van der Waals surface area (Å²) in [6.45, 7) is 3.64. The molecule has 0 fully saturated rings. The van der Waals surface area contributed by atoms with Gasteiger partial charge in [-0.1, -0.05) is 30.3 Å². The summed E-state index contributed by atoms with van der Waals surface area (Å²) in [5.74, 6) is -0.960. The van der Waals surface area contributed by atoms with Crippen LogP contribution in [0.25, 0.3) is 10.8 Å². The van der Waals surface area contributed by atoms with Crippen molar-refractivity contribution in [3.05, 3.63) is 75.7 Å². The molecule has 1 N–H and O–H groups in total. The highest BCUT2D eigenvalue weighted by molar-refractivity contribution is 6.05. The van der Waals surface area contributed by atoms with Crippen molar-refractivity contribution in [2.45, 2.75) is 19.9 Å². The Morgan fingerprint density at radius 2 is 1.76 bits per heavy atom. The third-order valence-electron chi connectivity index (χ3n) is 4.24. The first-order valence-electron chi connectivity index (χ1n) is 8.95. The Hall–Kier alpha value is -3.81. The van der Waals surface area contributed by atoms with Crippen LogP contribution in [0.4, 0.5) is 0 Å². The van der Waals surface area contributed by atoms with Crippen LogP contribution in [0.3, 0.4) is 0 Å². The molecular formula is C21H20N4O4. The lowest BCUT2D eigenvalue weighted by molar-refractivity contribution is 0.0600. The van der Waals surface area contributed by atoms with E-state index in [1.165, 1.54) is 18.0 Å². The van der Waals surface area contributed by atoms with Crippen molar-refractivity contribution < 1.29 is 14.3 Å². The van der Waals surface area contributed by atoms with Gasteiger partial charge >= 0.3 is 5.97 Å². The van der Waals surface area contributed by atoms with Crippen molar-refractivity contribution in [1.29, 1.82) is 0 Å². The number of nitrogens with one attached hydrogen (secondary N) is 1. The van der Waals surface area contributed by atoms with E-state index in [4.69, 9.17) is 0 Å². The SMILES string of the molecule is COC(=O)c1ccc(/C=N\NC(=O)c2nn(C(C)C)c(=O)c3ccccc23)cc1. The average Bonchev–Trinajstić information content (AvgIpc) is 2.73. The van der Waals surface area contributed by atoms with E-state index in [0.717, 1.165) is 0 Å². The summed E-state index contributed by atoms with van der Waals surface area (Å²) in [5.41, 5.74) is 3.40. The van der Waals surface area contributed by atoms with Crippen LogP contribution >= 0.6 is 0 Å². The lowest BCUT2D eigenvalue weighted by Gasteiger charge is -2.12. The number of hydrogen-bond acceptors (Lipinski definition) is 6. The second-order valence-corrected chi connectivity index (χ2v) is 6.55. The number of nitrogens with zero attached hydrogens (tertiary/aromatic N) is 3. The van der Waals surface area contributed by atoms with E-state index in [2.05, 4.69) is 20.4 Å². The van der Waals surface area contributed by atoms with Gasteiger partial charge in [0.25, 0.3) is 11.5 Å². The molecule has 0 aliphatic heterocycles. The number of fused-ring (bicyclic) bond motifs is 1. The minimum absolute atomic E-state index is 0.118. The zero-order valence-electron chi connectivity index (χ0n) is 16.2. The molecule has 0 saturated heterocycles. The zero-order chi connectivity index (χ0) is 21.0. The quantitative estimate of drug-likeness (QED) is 0.408. The van der Waals surface area contributed by atoms with Gasteiger partial charge in [0.1, 0.15) is 0 Å². The molecule has 0 saturated carbocycles. The highest BCUT2D eigenvalue weighted by atomic mass is 16.5. The second-order valence-electron chi connectivity index (χ2n) is 6.55. The van der Waals surface area contributed by atoms with E-state index in [-0.39, 0.29) is 17.3 Å². The van der Waals surface area contributed by atoms with Gasteiger partial charge in [0.2, 0.25) is 0 Å². The fraction of sp³-hybridized carbons (Fsp3) is 0.190. The van der Waals surface area contributed by atoms with E-state index in [0.29, 0.717) is 21.9 Å². The molecule has 0 aliphatic carbocycles. The Morgan fingerprint density at radius 3 is 2.38 bits per heavy atom. The molecule has 3 aromatic rings. The second kappa shape index (κ2) is 8.47. The number of rotatable bonds is 5. The Labute approximate surface area is 166 Å². The van der Waals surface area contributed by atoms with Gasteiger partial charge in [-0.2, -0.15) is 10.2 Å². The van der Waals surface area contributed by atoms with Crippen LogP contribution in [0, 0.1) is 0 Å². The summed E-state index contributed by atoms with van der Waals surface area (Å²) in [7, 11) is 1.31. The van der Waals surface area contributed by atoms with Crippen molar-refractivity contribution in [2.24, 2.45) is 5.10 Å². The van der Waals surface area contributed by atoms with Gasteiger partial charge in [0.15, 0.2) is 5.69 Å². The van der Waals surface area contributed by atoms with Crippen molar-refractivity contribution in [1.82, 2.24) is 15.2 Å². The van der Waals surface area contributed by atoms with Crippen molar-refractivity contribution in [3.8, 4) is 0 Å². The Morgan fingerprint density at radius 1 is 1.10 bits per heavy atom. The molecule has 0 bridgehead atoms. The minimum Gasteiger partial charge on any atom is -0.465 e. The summed E-state index contributed by atoms with van der Waals surface area (Å²) >= 11 is 0. The van der Waals surface area contributed by atoms with Gasteiger partial charge in [0.05, 0.1) is 30.3 Å². The highest BCUT2D eigenvalue weighted by Gasteiger charge is 2.17. The molecule has 0 radical (unpaired) electrons. The molecular weight excluding hydrogens is 372 g/mol. The molecule has 8 nitrogen and oxygen atoms in total. The van der Waals surface area contributed by atoms with Crippen molar-refractivity contribution >= 4 is 28.9 Å². The number of aromatic nitrogens is 2. The Balaban J connectivity index is 1.85. The number of hydrazone groups is 1. The molecule has 8 heteroatoms. The van der Waals surface area contributed by atoms with Crippen molar-refractivity contribution in [3.63, 3.8) is 0 Å². The van der Waals surface area contributed by atoms with Gasteiger partial charge < -0.3 is 4.74 Å². The average molecular weight is 392 g/mol. The first-order chi connectivity index (χ1) is 13.9. The number of esters is 1. The summed E-state index contributed by atoms with van der Waals surface area (Å²) in [5, 5.41) is 9.06. The number of hydrogen-bond donors (Lipinski definition) is 1. The maximum atomic E-state index is 12.7. The molecule has 1 heterocycles. The summed E-state index contributed by atoms with van der Waals surface area (Å²) in [6.07, 6.45) is 1.44. The third kappa shape index (κ3) is 4.21. The van der Waals surface area contributed by atoms with Crippen LogP contribution in [-0.4, -0.2) is 35.0 Å². The van der Waals surface area contributed by atoms with Gasteiger partial charge in [-0.05, 0) is 37.6 Å². The topological polar surface area (TPSA) is 103 Å². The summed E-state index contributed by atoms with van der Waals surface area (Å²) in [6, 6.07) is 13.2. The predicted molar refractivity (Wildman–Crippen MR) is 109 cm³/mol. The van der Waals surface area contributed by atoms with E-state index in [1.807, 2.05) is 13.8 Å². The van der Waals surface area contributed by atoms with Crippen LogP contribution in [0.5, 0.6) is 0 Å². The predicted octanol–water partition coefficient (Wildman–Crippen LogP) is 2.53. The molecule has 1 amide bonds. The smallest absolute Gasteiger partial charge is 0.337 e. The van der Waals surface area contributed by atoms with Crippen LogP contribution in [0.15, 0.2) is 58.4 Å². The Kier molecular flexibility index (Phi) is 5.82. The normalized spacial score (nSPS) is 11.2. The third-order valence-corrected chi connectivity index (χ3v) is 4.24. The number of carbonyl (C=O) groups excluding carboxylic acids is 2. The number of carbonyl (C=O) groups is 2. The number of ether oxygens (including phenoxy) is 1. The standard InChI is InChI=1S/C21H20N4O4/c1-13(2)25-20(27)17-7-5-4-6-16(17)18(24-25)19(26)23-22-12-14-8-10-15(11-9-14)21(28)29-3/h4-13H,1-3H3,(H,23,26)/b22-12-. The molecule has 29 heavy (non-hydrogen) atoms. The molecule has 3 rings (SSSR count). The summed E-state index contributed by atoms with van der Waals surface area (Å²) in [4.78, 5) is 36.6. The number of amides is 1. The van der Waals surface area contributed by atoms with Crippen LogP contribution < -0.4 is 11.0 Å². The van der Waals surface area contributed by atoms with E-state index < -0.39 is 11.9 Å². The van der Waals surface area contributed by atoms with Gasteiger partial charge in [-0.15, -0.1) is 0 Å². The molecule has 148 valence electrons. The lowest BCUT2D eigenvalue weighted by Crippen LogP contribution is -2.30. The van der Waals surface area contributed by atoms with Gasteiger partial charge in [0, 0.05) is 5.39 Å². The molecule has 0 spiro atoms. The minimum atomic E-state index is -0.530. The maximum absolute atomic E-state index is 12.7. The zero-order valence-corrected chi connectivity index (χ0v) is 16.2. The van der Waals surface area contributed by atoms with E-state index >= 15 is 0 Å². The van der Waals surface area contributed by atoms with Gasteiger partial charge in [-0.3, -0.25) is 9.59 Å². The first kappa shape index (κ1) is 19.9.